The fourth-order valence-corrected chi connectivity index (χ4v) is 3.18. The van der Waals surface area contributed by atoms with E-state index in [1.807, 2.05) is 0 Å². The summed E-state index contributed by atoms with van der Waals surface area (Å²) in [7, 11) is 0. The highest BCUT2D eigenvalue weighted by Crippen LogP contribution is 2.46. The molecule has 0 aromatic carbocycles. The van der Waals surface area contributed by atoms with E-state index in [-0.39, 0.29) is 0 Å². The Kier molecular flexibility index (Phi) is 4.22. The van der Waals surface area contributed by atoms with Gasteiger partial charge in [-0.1, -0.05) is 34.1 Å². The van der Waals surface area contributed by atoms with Crippen molar-refractivity contribution in [1.82, 2.24) is 0 Å². The first-order valence-corrected chi connectivity index (χ1v) is 6.63. The predicted octanol–water partition coefficient (Wildman–Crippen LogP) is 3.97. The van der Waals surface area contributed by atoms with Crippen LogP contribution in [0.1, 0.15) is 66.2 Å². The van der Waals surface area contributed by atoms with Crippen molar-refractivity contribution >= 4 is 0 Å². The molecule has 0 atom stereocenters. The van der Waals surface area contributed by atoms with Gasteiger partial charge in [0.05, 0.1) is 0 Å². The van der Waals surface area contributed by atoms with Gasteiger partial charge in [0, 0.05) is 0 Å². The van der Waals surface area contributed by atoms with Crippen LogP contribution in [0, 0.1) is 16.7 Å². The summed E-state index contributed by atoms with van der Waals surface area (Å²) in [5.41, 5.74) is 6.97. The van der Waals surface area contributed by atoms with Gasteiger partial charge in [0.2, 0.25) is 0 Å². The summed E-state index contributed by atoms with van der Waals surface area (Å²) in [6, 6.07) is 0. The molecule has 0 radical (unpaired) electrons. The highest BCUT2D eigenvalue weighted by Gasteiger charge is 2.37. The number of nitrogens with two attached hydrogens (primary N) is 1. The van der Waals surface area contributed by atoms with Crippen molar-refractivity contribution in [3.05, 3.63) is 0 Å². The maximum atomic E-state index is 5.98. The fraction of sp³-hybridized carbons (Fsp3) is 1.00. The monoisotopic (exact) mass is 211 g/mol. The van der Waals surface area contributed by atoms with Gasteiger partial charge in [-0.05, 0) is 55.4 Å². The number of hydrogen-bond donors (Lipinski definition) is 1. The average molecular weight is 211 g/mol. The molecule has 1 saturated carbocycles. The lowest BCUT2D eigenvalue weighted by atomic mass is 9.63. The Morgan fingerprint density at radius 2 is 1.73 bits per heavy atom. The van der Waals surface area contributed by atoms with Gasteiger partial charge in [0.1, 0.15) is 0 Å². The molecular formula is C14H29N. The van der Waals surface area contributed by atoms with Gasteiger partial charge in [0.25, 0.3) is 0 Å². The Balaban J connectivity index is 2.53. The predicted molar refractivity (Wildman–Crippen MR) is 67.8 cm³/mol. The zero-order chi connectivity index (χ0) is 11.5. The van der Waals surface area contributed by atoms with Crippen LogP contribution in [0.2, 0.25) is 0 Å². The molecule has 0 aliphatic heterocycles. The van der Waals surface area contributed by atoms with Crippen LogP contribution in [0.3, 0.4) is 0 Å². The van der Waals surface area contributed by atoms with E-state index in [2.05, 4.69) is 27.7 Å². The molecule has 2 N–H and O–H groups in total. The van der Waals surface area contributed by atoms with Crippen molar-refractivity contribution in [2.75, 3.05) is 6.54 Å². The summed E-state index contributed by atoms with van der Waals surface area (Å²) in [5.74, 6) is 0.911. The average Bonchev–Trinajstić information content (AvgIpc) is 2.17. The second kappa shape index (κ2) is 4.86. The second-order valence-electron chi connectivity index (χ2n) is 6.59. The molecule has 1 fully saturated rings. The standard InChI is InChI=1S/C14H29N/c1-5-8-14(11-15)9-6-12(7-10-14)13(2,3)4/h12H,5-11,15H2,1-4H3. The Labute approximate surface area is 95.8 Å². The third-order valence-corrected chi connectivity index (χ3v) is 4.48. The van der Waals surface area contributed by atoms with Gasteiger partial charge in [0.15, 0.2) is 0 Å². The zero-order valence-corrected chi connectivity index (χ0v) is 11.1. The molecule has 1 aliphatic carbocycles. The van der Waals surface area contributed by atoms with Gasteiger partial charge in [-0.2, -0.15) is 0 Å². The van der Waals surface area contributed by atoms with Crippen molar-refractivity contribution in [2.24, 2.45) is 22.5 Å². The largest absolute Gasteiger partial charge is 0.330 e. The Morgan fingerprint density at radius 1 is 1.20 bits per heavy atom. The van der Waals surface area contributed by atoms with Gasteiger partial charge >= 0.3 is 0 Å². The molecule has 0 spiro atoms. The third kappa shape index (κ3) is 3.21. The van der Waals surface area contributed by atoms with Crippen LogP contribution in [0.25, 0.3) is 0 Å². The van der Waals surface area contributed by atoms with Crippen LogP contribution in [0.4, 0.5) is 0 Å². The summed E-state index contributed by atoms with van der Waals surface area (Å²) in [6.07, 6.45) is 8.12. The van der Waals surface area contributed by atoms with Crippen LogP contribution in [0.5, 0.6) is 0 Å². The molecule has 0 amide bonds. The lowest BCUT2D eigenvalue weighted by Crippen LogP contribution is -2.37. The van der Waals surface area contributed by atoms with Crippen LogP contribution in [-0.2, 0) is 0 Å². The van der Waals surface area contributed by atoms with E-state index in [1.165, 1.54) is 38.5 Å². The maximum absolute atomic E-state index is 5.98. The van der Waals surface area contributed by atoms with Crippen molar-refractivity contribution < 1.29 is 0 Å². The lowest BCUT2D eigenvalue weighted by molar-refractivity contribution is 0.0857. The van der Waals surface area contributed by atoms with Crippen molar-refractivity contribution in [3.8, 4) is 0 Å². The Morgan fingerprint density at radius 3 is 2.07 bits per heavy atom. The molecule has 1 heteroatoms. The highest BCUT2D eigenvalue weighted by atomic mass is 14.6. The van der Waals surface area contributed by atoms with Gasteiger partial charge in [-0.25, -0.2) is 0 Å². The minimum Gasteiger partial charge on any atom is -0.330 e. The highest BCUT2D eigenvalue weighted by molar-refractivity contribution is 4.89. The molecule has 1 aliphatic rings. The van der Waals surface area contributed by atoms with Gasteiger partial charge in [-0.15, -0.1) is 0 Å². The SMILES string of the molecule is CCCC1(CN)CCC(C(C)(C)C)CC1. The molecule has 0 heterocycles. The normalized spacial score (nSPS) is 33.0. The first kappa shape index (κ1) is 13.0. The summed E-state index contributed by atoms with van der Waals surface area (Å²) in [4.78, 5) is 0. The summed E-state index contributed by atoms with van der Waals surface area (Å²) in [6.45, 7) is 10.3. The van der Waals surface area contributed by atoms with Gasteiger partial charge < -0.3 is 5.73 Å². The minimum atomic E-state index is 0.493. The van der Waals surface area contributed by atoms with E-state index in [1.54, 1.807) is 0 Å². The van der Waals surface area contributed by atoms with Crippen molar-refractivity contribution in [1.29, 1.82) is 0 Å². The molecule has 90 valence electrons. The summed E-state index contributed by atoms with van der Waals surface area (Å²) < 4.78 is 0. The zero-order valence-electron chi connectivity index (χ0n) is 11.1. The second-order valence-corrected chi connectivity index (χ2v) is 6.59. The molecule has 0 saturated heterocycles. The Bertz CT molecular complexity index is 182. The van der Waals surface area contributed by atoms with Crippen LogP contribution >= 0.6 is 0 Å². The molecule has 0 bridgehead atoms. The molecule has 0 aromatic rings. The van der Waals surface area contributed by atoms with Crippen LogP contribution < -0.4 is 5.73 Å². The van der Waals surface area contributed by atoms with E-state index in [0.29, 0.717) is 10.8 Å². The van der Waals surface area contributed by atoms with E-state index < -0.39 is 0 Å². The van der Waals surface area contributed by atoms with E-state index >= 15 is 0 Å². The summed E-state index contributed by atoms with van der Waals surface area (Å²) >= 11 is 0. The molecule has 1 nitrogen and oxygen atoms in total. The van der Waals surface area contributed by atoms with E-state index in [4.69, 9.17) is 5.73 Å². The first-order chi connectivity index (χ1) is 6.93. The van der Waals surface area contributed by atoms with Gasteiger partial charge in [-0.3, -0.25) is 0 Å². The quantitative estimate of drug-likeness (QED) is 0.751. The van der Waals surface area contributed by atoms with E-state index in [0.717, 1.165) is 12.5 Å². The molecule has 0 aromatic heterocycles. The number of hydrogen-bond acceptors (Lipinski definition) is 1. The lowest BCUT2D eigenvalue weighted by Gasteiger charge is -2.43. The van der Waals surface area contributed by atoms with Crippen LogP contribution in [0.15, 0.2) is 0 Å². The fourth-order valence-electron chi connectivity index (χ4n) is 3.18. The minimum absolute atomic E-state index is 0.493. The van der Waals surface area contributed by atoms with Crippen LogP contribution in [-0.4, -0.2) is 6.54 Å². The van der Waals surface area contributed by atoms with Crippen molar-refractivity contribution in [3.63, 3.8) is 0 Å². The first-order valence-electron chi connectivity index (χ1n) is 6.63. The molecule has 1 rings (SSSR count). The van der Waals surface area contributed by atoms with E-state index in [9.17, 15) is 0 Å². The third-order valence-electron chi connectivity index (χ3n) is 4.48. The molecule has 0 unspecified atom stereocenters. The molecular weight excluding hydrogens is 182 g/mol. The number of rotatable bonds is 3. The van der Waals surface area contributed by atoms with Crippen molar-refractivity contribution in [2.45, 2.75) is 66.2 Å². The summed E-state index contributed by atoms with van der Waals surface area (Å²) in [5, 5.41) is 0. The maximum Gasteiger partial charge on any atom is -0.00205 e. The molecule has 15 heavy (non-hydrogen) atoms. The topological polar surface area (TPSA) is 26.0 Å². The smallest absolute Gasteiger partial charge is 0.00205 e. The Hall–Kier alpha value is -0.0400.